The molecule has 8 heteroatoms. The number of fused-ring (bicyclic) bond motifs is 1. The van der Waals surface area contributed by atoms with Crippen LogP contribution in [-0.2, 0) is 22.4 Å². The summed E-state index contributed by atoms with van der Waals surface area (Å²) in [5.74, 6) is -0.882. The highest BCUT2D eigenvalue weighted by atomic mass is 35.5. The zero-order chi connectivity index (χ0) is 20.5. The summed E-state index contributed by atoms with van der Waals surface area (Å²) in [7, 11) is 0. The molecule has 29 heavy (non-hydrogen) atoms. The number of hydrogen-bond donors (Lipinski definition) is 1. The van der Waals surface area contributed by atoms with Gasteiger partial charge in [-0.1, -0.05) is 41.4 Å². The molecular formula is C21H16Cl2N2O3S. The van der Waals surface area contributed by atoms with Crippen molar-refractivity contribution in [1.29, 1.82) is 0 Å². The first-order chi connectivity index (χ1) is 13.9. The summed E-state index contributed by atoms with van der Waals surface area (Å²) in [4.78, 5) is 30.2. The van der Waals surface area contributed by atoms with Crippen LogP contribution in [0.2, 0.25) is 10.0 Å². The van der Waals surface area contributed by atoms with Crippen molar-refractivity contribution in [2.75, 3.05) is 5.32 Å². The molecule has 1 atom stereocenters. The largest absolute Gasteiger partial charge is 0.448 e. The summed E-state index contributed by atoms with van der Waals surface area (Å²) in [5.41, 5.74) is 2.99. The molecular weight excluding hydrogens is 431 g/mol. The standard InChI is InChI=1S/C21H16Cl2N2O3S/c1-11-18(10-13-8-14(22)6-7-16(13)23)29-21(24-11)25-19(26)17-9-12-4-2-3-5-15(12)20(27)28-17/h2-8,17H,9-10H2,1H3,(H,24,25,26). The summed E-state index contributed by atoms with van der Waals surface area (Å²) in [6.07, 6.45) is 0.0145. The average molecular weight is 447 g/mol. The molecule has 148 valence electrons. The predicted molar refractivity (Wildman–Crippen MR) is 114 cm³/mol. The van der Waals surface area contributed by atoms with Crippen molar-refractivity contribution in [1.82, 2.24) is 4.98 Å². The van der Waals surface area contributed by atoms with E-state index in [9.17, 15) is 9.59 Å². The second-order valence-corrected chi connectivity index (χ2v) is 8.61. The summed E-state index contributed by atoms with van der Waals surface area (Å²) in [6.45, 7) is 1.87. The van der Waals surface area contributed by atoms with Crippen LogP contribution in [-0.4, -0.2) is 23.0 Å². The van der Waals surface area contributed by atoms with E-state index in [1.807, 2.05) is 25.1 Å². The van der Waals surface area contributed by atoms with Gasteiger partial charge in [-0.05, 0) is 42.3 Å². The Morgan fingerprint density at radius 3 is 2.90 bits per heavy atom. The minimum atomic E-state index is -0.882. The molecule has 1 aromatic heterocycles. The van der Waals surface area contributed by atoms with Crippen molar-refractivity contribution >= 4 is 51.5 Å². The molecule has 1 unspecified atom stereocenters. The number of rotatable bonds is 4. The number of amides is 1. The number of aryl methyl sites for hydroxylation is 1. The van der Waals surface area contributed by atoms with Crippen molar-refractivity contribution in [3.63, 3.8) is 0 Å². The van der Waals surface area contributed by atoms with Gasteiger partial charge in [-0.25, -0.2) is 9.78 Å². The van der Waals surface area contributed by atoms with E-state index in [0.717, 1.165) is 21.7 Å². The Balaban J connectivity index is 1.48. The molecule has 1 aliphatic rings. The zero-order valence-corrected chi connectivity index (χ0v) is 17.7. The minimum Gasteiger partial charge on any atom is -0.448 e. The van der Waals surface area contributed by atoms with E-state index in [-0.39, 0.29) is 0 Å². The lowest BCUT2D eigenvalue weighted by Crippen LogP contribution is -2.37. The smallest absolute Gasteiger partial charge is 0.339 e. The highest BCUT2D eigenvalue weighted by Gasteiger charge is 2.31. The number of carbonyl (C=O) groups excluding carboxylic acids is 2. The number of cyclic esters (lactones) is 1. The van der Waals surface area contributed by atoms with Gasteiger partial charge in [0.1, 0.15) is 0 Å². The number of esters is 1. The van der Waals surface area contributed by atoms with Crippen molar-refractivity contribution in [2.45, 2.75) is 25.9 Å². The van der Waals surface area contributed by atoms with E-state index < -0.39 is 18.0 Å². The number of nitrogens with zero attached hydrogens (tertiary/aromatic N) is 1. The van der Waals surface area contributed by atoms with Crippen LogP contribution in [0.1, 0.15) is 32.1 Å². The van der Waals surface area contributed by atoms with Crippen molar-refractivity contribution < 1.29 is 14.3 Å². The molecule has 0 fully saturated rings. The van der Waals surface area contributed by atoms with E-state index >= 15 is 0 Å². The number of anilines is 1. The lowest BCUT2D eigenvalue weighted by molar-refractivity contribution is -0.125. The maximum absolute atomic E-state index is 12.6. The van der Waals surface area contributed by atoms with E-state index in [1.54, 1.807) is 24.3 Å². The quantitative estimate of drug-likeness (QED) is 0.567. The van der Waals surface area contributed by atoms with Crippen LogP contribution >= 0.6 is 34.5 Å². The monoisotopic (exact) mass is 446 g/mol. The van der Waals surface area contributed by atoms with Gasteiger partial charge in [0.25, 0.3) is 5.91 Å². The Morgan fingerprint density at radius 2 is 2.07 bits per heavy atom. The maximum Gasteiger partial charge on any atom is 0.339 e. The first-order valence-electron chi connectivity index (χ1n) is 8.90. The Morgan fingerprint density at radius 1 is 1.28 bits per heavy atom. The first-order valence-corrected chi connectivity index (χ1v) is 10.5. The van der Waals surface area contributed by atoms with E-state index in [1.165, 1.54) is 11.3 Å². The molecule has 4 rings (SSSR count). The van der Waals surface area contributed by atoms with Gasteiger partial charge < -0.3 is 4.74 Å². The molecule has 1 N–H and O–H groups in total. The summed E-state index contributed by atoms with van der Waals surface area (Å²) < 4.78 is 5.30. The highest BCUT2D eigenvalue weighted by Crippen LogP contribution is 2.30. The summed E-state index contributed by atoms with van der Waals surface area (Å²) in [6, 6.07) is 12.5. The second kappa shape index (κ2) is 8.14. The van der Waals surface area contributed by atoms with Crippen LogP contribution in [0.3, 0.4) is 0 Å². The highest BCUT2D eigenvalue weighted by molar-refractivity contribution is 7.15. The fourth-order valence-corrected chi connectivity index (χ4v) is 4.53. The van der Waals surface area contributed by atoms with Crippen molar-refractivity contribution in [2.24, 2.45) is 0 Å². The van der Waals surface area contributed by atoms with Gasteiger partial charge in [0.15, 0.2) is 11.2 Å². The third-order valence-electron chi connectivity index (χ3n) is 4.67. The van der Waals surface area contributed by atoms with Gasteiger partial charge in [-0.2, -0.15) is 0 Å². The Hall–Kier alpha value is -2.41. The van der Waals surface area contributed by atoms with Crippen LogP contribution in [0.5, 0.6) is 0 Å². The molecule has 0 radical (unpaired) electrons. The van der Waals surface area contributed by atoms with Crippen LogP contribution in [0.4, 0.5) is 5.13 Å². The molecule has 2 heterocycles. The number of carbonyl (C=O) groups is 2. The van der Waals surface area contributed by atoms with Gasteiger partial charge in [0.05, 0.1) is 11.3 Å². The van der Waals surface area contributed by atoms with E-state index in [0.29, 0.717) is 33.6 Å². The molecule has 1 aliphatic heterocycles. The third kappa shape index (κ3) is 4.29. The molecule has 5 nitrogen and oxygen atoms in total. The van der Waals surface area contributed by atoms with E-state index in [2.05, 4.69) is 10.3 Å². The predicted octanol–water partition coefficient (Wildman–Crippen LogP) is 5.07. The van der Waals surface area contributed by atoms with Crippen LogP contribution in [0, 0.1) is 6.92 Å². The fraction of sp³-hybridized carbons (Fsp3) is 0.190. The number of aromatic nitrogens is 1. The fourth-order valence-electron chi connectivity index (χ4n) is 3.16. The van der Waals surface area contributed by atoms with Gasteiger partial charge in [0.2, 0.25) is 0 Å². The minimum absolute atomic E-state index is 0.336. The van der Waals surface area contributed by atoms with Gasteiger partial charge in [-0.3, -0.25) is 10.1 Å². The van der Waals surface area contributed by atoms with Gasteiger partial charge in [-0.15, -0.1) is 11.3 Å². The van der Waals surface area contributed by atoms with Crippen LogP contribution in [0.15, 0.2) is 42.5 Å². The number of hydrogen-bond acceptors (Lipinski definition) is 5. The Kier molecular flexibility index (Phi) is 5.58. The van der Waals surface area contributed by atoms with Crippen LogP contribution < -0.4 is 5.32 Å². The topological polar surface area (TPSA) is 68.3 Å². The lowest BCUT2D eigenvalue weighted by atomic mass is 9.98. The SMILES string of the molecule is Cc1nc(NC(=O)C2Cc3ccccc3C(=O)O2)sc1Cc1cc(Cl)ccc1Cl. The van der Waals surface area contributed by atoms with Gasteiger partial charge in [0, 0.05) is 27.8 Å². The second-order valence-electron chi connectivity index (χ2n) is 6.68. The maximum atomic E-state index is 12.6. The molecule has 1 amide bonds. The summed E-state index contributed by atoms with van der Waals surface area (Å²) >= 11 is 13.7. The Labute approximate surface area is 181 Å². The lowest BCUT2D eigenvalue weighted by Gasteiger charge is -2.23. The number of halogens is 2. The normalized spacial score (nSPS) is 15.6. The molecule has 0 saturated heterocycles. The molecule has 0 aliphatic carbocycles. The number of thiazole rings is 1. The Bertz CT molecular complexity index is 1110. The molecule has 0 bridgehead atoms. The molecule has 2 aromatic carbocycles. The molecule has 3 aromatic rings. The summed E-state index contributed by atoms with van der Waals surface area (Å²) in [5, 5.41) is 4.46. The average Bonchev–Trinajstić information content (AvgIpc) is 3.03. The number of ether oxygens (including phenoxy) is 1. The van der Waals surface area contributed by atoms with Gasteiger partial charge >= 0.3 is 5.97 Å². The molecule has 0 spiro atoms. The number of benzene rings is 2. The van der Waals surface area contributed by atoms with Crippen molar-refractivity contribution in [3.8, 4) is 0 Å². The van der Waals surface area contributed by atoms with Crippen molar-refractivity contribution in [3.05, 3.63) is 79.8 Å². The first kappa shape index (κ1) is 19.9. The van der Waals surface area contributed by atoms with E-state index in [4.69, 9.17) is 27.9 Å². The third-order valence-corrected chi connectivity index (χ3v) is 6.34. The molecule has 0 saturated carbocycles. The zero-order valence-electron chi connectivity index (χ0n) is 15.4. The number of nitrogens with one attached hydrogen (secondary N) is 1. The van der Waals surface area contributed by atoms with Crippen LogP contribution in [0.25, 0.3) is 0 Å².